The minimum atomic E-state index is -0.281. The Hall–Kier alpha value is -2.22. The van der Waals surface area contributed by atoms with Crippen molar-refractivity contribution in [3.63, 3.8) is 0 Å². The second kappa shape index (κ2) is 8.81. The van der Waals surface area contributed by atoms with E-state index in [1.54, 1.807) is 0 Å². The Kier molecular flexibility index (Phi) is 6.97. The lowest BCUT2D eigenvalue weighted by Crippen LogP contribution is -2.21. The number of carbonyl (C=O) groups is 1. The molecule has 0 spiro atoms. The molecule has 1 aromatic carbocycles. The second-order valence-corrected chi connectivity index (χ2v) is 4.17. The van der Waals surface area contributed by atoms with Gasteiger partial charge in [0.1, 0.15) is 6.42 Å². The van der Waals surface area contributed by atoms with Crippen LogP contribution in [0.15, 0.2) is 18.2 Å². The molecule has 0 unspecified atom stereocenters. The van der Waals surface area contributed by atoms with Crippen LogP contribution in [0.1, 0.15) is 32.3 Å². The van der Waals surface area contributed by atoms with E-state index in [4.69, 9.17) is 14.7 Å². The van der Waals surface area contributed by atoms with E-state index in [0.29, 0.717) is 31.3 Å². The maximum absolute atomic E-state index is 11.2. The number of nitrogens with one attached hydrogen (secondary N) is 1. The molecule has 1 N–H and O–H groups in total. The molecule has 0 saturated heterocycles. The average molecular weight is 276 g/mol. The summed E-state index contributed by atoms with van der Waals surface area (Å²) >= 11 is 0. The number of nitrogens with zero attached hydrogens (tertiary/aromatic N) is 1. The van der Waals surface area contributed by atoms with Gasteiger partial charge in [0.25, 0.3) is 0 Å². The molecule has 1 rings (SSSR count). The molecule has 1 aromatic rings. The van der Waals surface area contributed by atoms with Crippen LogP contribution in [0, 0.1) is 11.3 Å². The van der Waals surface area contributed by atoms with E-state index in [1.807, 2.05) is 38.1 Å². The Morgan fingerprint density at radius 1 is 1.30 bits per heavy atom. The first kappa shape index (κ1) is 15.8. The number of rotatable bonds is 8. The molecule has 5 heteroatoms. The minimum absolute atomic E-state index is 0.129. The van der Waals surface area contributed by atoms with Crippen LogP contribution in [-0.4, -0.2) is 19.1 Å². The van der Waals surface area contributed by atoms with E-state index >= 15 is 0 Å². The van der Waals surface area contributed by atoms with Gasteiger partial charge in [-0.2, -0.15) is 5.26 Å². The lowest BCUT2D eigenvalue weighted by molar-refractivity contribution is -0.120. The maximum atomic E-state index is 11.2. The molecule has 0 radical (unpaired) electrons. The molecule has 0 fully saturated rings. The highest BCUT2D eigenvalue weighted by molar-refractivity contribution is 5.77. The van der Waals surface area contributed by atoms with Gasteiger partial charge >= 0.3 is 0 Å². The number of hydrogen-bond acceptors (Lipinski definition) is 4. The first-order valence-electron chi connectivity index (χ1n) is 6.73. The van der Waals surface area contributed by atoms with Gasteiger partial charge in [-0.25, -0.2) is 0 Å². The second-order valence-electron chi connectivity index (χ2n) is 4.17. The molecule has 108 valence electrons. The monoisotopic (exact) mass is 276 g/mol. The van der Waals surface area contributed by atoms with Crippen LogP contribution >= 0.6 is 0 Å². The molecule has 5 nitrogen and oxygen atoms in total. The number of amides is 1. The normalized spacial score (nSPS) is 9.65. The predicted octanol–water partition coefficient (Wildman–Crippen LogP) is 2.40. The Morgan fingerprint density at radius 3 is 2.75 bits per heavy atom. The Labute approximate surface area is 119 Å². The number of benzene rings is 1. The third kappa shape index (κ3) is 5.19. The van der Waals surface area contributed by atoms with Crippen molar-refractivity contribution in [3.8, 4) is 17.6 Å². The summed E-state index contributed by atoms with van der Waals surface area (Å²) in [4.78, 5) is 11.2. The van der Waals surface area contributed by atoms with Gasteiger partial charge in [0, 0.05) is 6.54 Å². The molecule has 0 saturated carbocycles. The van der Waals surface area contributed by atoms with Crippen LogP contribution in [0.25, 0.3) is 0 Å². The summed E-state index contributed by atoms with van der Waals surface area (Å²) in [5.41, 5.74) is 0.906. The van der Waals surface area contributed by atoms with Crippen molar-refractivity contribution in [2.45, 2.75) is 33.2 Å². The van der Waals surface area contributed by atoms with Crippen LogP contribution in [0.3, 0.4) is 0 Å². The number of carbonyl (C=O) groups excluding carboxylic acids is 1. The summed E-state index contributed by atoms with van der Waals surface area (Å²) in [6.45, 7) is 5.50. The highest BCUT2D eigenvalue weighted by Crippen LogP contribution is 2.28. The fraction of sp³-hybridized carbons (Fsp3) is 0.467. The Balaban J connectivity index is 2.71. The SMILES string of the molecule is CCCOc1ccc(CNC(=O)CC#N)cc1OCC. The van der Waals surface area contributed by atoms with E-state index in [0.717, 1.165) is 12.0 Å². The summed E-state index contributed by atoms with van der Waals surface area (Å²) in [5, 5.41) is 11.1. The van der Waals surface area contributed by atoms with Gasteiger partial charge in [-0.1, -0.05) is 13.0 Å². The zero-order chi connectivity index (χ0) is 14.8. The summed E-state index contributed by atoms with van der Waals surface area (Å²) in [7, 11) is 0. The molecular weight excluding hydrogens is 256 g/mol. The summed E-state index contributed by atoms with van der Waals surface area (Å²) in [6, 6.07) is 7.37. The average Bonchev–Trinajstić information content (AvgIpc) is 2.45. The molecule has 0 aliphatic rings. The van der Waals surface area contributed by atoms with Crippen LogP contribution in [0.5, 0.6) is 11.5 Å². The largest absolute Gasteiger partial charge is 0.490 e. The smallest absolute Gasteiger partial charge is 0.234 e. The molecule has 0 aromatic heterocycles. The first-order valence-corrected chi connectivity index (χ1v) is 6.73. The third-order valence-corrected chi connectivity index (χ3v) is 2.50. The van der Waals surface area contributed by atoms with E-state index in [9.17, 15) is 4.79 Å². The fourth-order valence-corrected chi connectivity index (χ4v) is 1.60. The van der Waals surface area contributed by atoms with Crippen molar-refractivity contribution in [1.29, 1.82) is 5.26 Å². The Morgan fingerprint density at radius 2 is 2.10 bits per heavy atom. The van der Waals surface area contributed by atoms with Gasteiger partial charge in [0.2, 0.25) is 5.91 Å². The lowest BCUT2D eigenvalue weighted by Gasteiger charge is -2.13. The standard InChI is InChI=1S/C15H20N2O3/c1-3-9-20-13-6-5-12(10-14(13)19-4-2)11-17-15(18)7-8-16/h5-6,10H,3-4,7,9,11H2,1-2H3,(H,17,18). The highest BCUT2D eigenvalue weighted by Gasteiger charge is 2.07. The van der Waals surface area contributed by atoms with Crippen LogP contribution in [0.2, 0.25) is 0 Å². The molecule has 1 amide bonds. The number of hydrogen-bond donors (Lipinski definition) is 1. The first-order chi connectivity index (χ1) is 9.71. The predicted molar refractivity (Wildman–Crippen MR) is 75.5 cm³/mol. The van der Waals surface area contributed by atoms with Crippen molar-refractivity contribution in [2.24, 2.45) is 0 Å². The minimum Gasteiger partial charge on any atom is -0.490 e. The topological polar surface area (TPSA) is 71.3 Å². The van der Waals surface area contributed by atoms with E-state index in [2.05, 4.69) is 5.32 Å². The van der Waals surface area contributed by atoms with Crippen molar-refractivity contribution in [2.75, 3.05) is 13.2 Å². The molecule has 0 bridgehead atoms. The third-order valence-electron chi connectivity index (χ3n) is 2.50. The molecule has 20 heavy (non-hydrogen) atoms. The van der Waals surface area contributed by atoms with Gasteiger partial charge in [-0.05, 0) is 31.0 Å². The number of nitriles is 1. The van der Waals surface area contributed by atoms with Crippen molar-refractivity contribution in [3.05, 3.63) is 23.8 Å². The summed E-state index contributed by atoms with van der Waals surface area (Å²) in [5.74, 6) is 1.10. The van der Waals surface area contributed by atoms with E-state index in [1.165, 1.54) is 0 Å². The fourth-order valence-electron chi connectivity index (χ4n) is 1.60. The number of ether oxygens (including phenoxy) is 2. The van der Waals surface area contributed by atoms with Gasteiger partial charge in [0.05, 0.1) is 19.3 Å². The Bertz CT molecular complexity index is 480. The molecule has 0 aliphatic heterocycles. The van der Waals surface area contributed by atoms with Gasteiger partial charge in [0.15, 0.2) is 11.5 Å². The molecule has 0 aliphatic carbocycles. The van der Waals surface area contributed by atoms with Crippen molar-refractivity contribution >= 4 is 5.91 Å². The molecule has 0 atom stereocenters. The van der Waals surface area contributed by atoms with Gasteiger partial charge in [-0.3, -0.25) is 4.79 Å². The summed E-state index contributed by atoms with van der Waals surface area (Å²) < 4.78 is 11.1. The summed E-state index contributed by atoms with van der Waals surface area (Å²) in [6.07, 6.45) is 0.799. The van der Waals surface area contributed by atoms with Crippen molar-refractivity contribution in [1.82, 2.24) is 5.32 Å². The van der Waals surface area contributed by atoms with Crippen LogP contribution < -0.4 is 14.8 Å². The van der Waals surface area contributed by atoms with Gasteiger partial charge < -0.3 is 14.8 Å². The molecule has 0 heterocycles. The maximum Gasteiger partial charge on any atom is 0.234 e. The lowest BCUT2D eigenvalue weighted by atomic mass is 10.2. The zero-order valence-electron chi connectivity index (χ0n) is 11.9. The van der Waals surface area contributed by atoms with Crippen molar-refractivity contribution < 1.29 is 14.3 Å². The van der Waals surface area contributed by atoms with E-state index < -0.39 is 0 Å². The quantitative estimate of drug-likeness (QED) is 0.791. The van der Waals surface area contributed by atoms with Gasteiger partial charge in [-0.15, -0.1) is 0 Å². The van der Waals surface area contributed by atoms with E-state index in [-0.39, 0.29) is 12.3 Å². The zero-order valence-corrected chi connectivity index (χ0v) is 11.9. The van der Waals surface area contributed by atoms with Crippen LogP contribution in [0.4, 0.5) is 0 Å². The highest BCUT2D eigenvalue weighted by atomic mass is 16.5. The van der Waals surface area contributed by atoms with Crippen LogP contribution in [-0.2, 0) is 11.3 Å². The molecular formula is C15H20N2O3.